The predicted molar refractivity (Wildman–Crippen MR) is 72.5 cm³/mol. The van der Waals surface area contributed by atoms with Gasteiger partial charge in [0.25, 0.3) is 0 Å². The third kappa shape index (κ3) is 9.44. The van der Waals surface area contributed by atoms with E-state index in [1.165, 1.54) is 12.2 Å². The summed E-state index contributed by atoms with van der Waals surface area (Å²) >= 11 is 1.87. The maximum atomic E-state index is 11.0. The van der Waals surface area contributed by atoms with Gasteiger partial charge in [0.05, 0.1) is 13.2 Å². The molecule has 0 aromatic rings. The Balaban J connectivity index is 3.49. The van der Waals surface area contributed by atoms with Crippen molar-refractivity contribution in [3.63, 3.8) is 0 Å². The molecule has 102 valence electrons. The highest BCUT2D eigenvalue weighted by molar-refractivity contribution is 7.98. The summed E-state index contributed by atoms with van der Waals surface area (Å²) in [5.41, 5.74) is 0. The minimum absolute atomic E-state index is 0.0564. The molecule has 0 radical (unpaired) electrons. The van der Waals surface area contributed by atoms with Gasteiger partial charge in [-0.05, 0) is 39.3 Å². The Bertz CT molecular complexity index is 202. The van der Waals surface area contributed by atoms with E-state index in [1.54, 1.807) is 6.92 Å². The Morgan fingerprint density at radius 2 is 2.18 bits per heavy atom. The Labute approximate surface area is 109 Å². The summed E-state index contributed by atoms with van der Waals surface area (Å²) in [4.78, 5) is 13.3. The largest absolute Gasteiger partial charge is 0.464 e. The van der Waals surface area contributed by atoms with Crippen molar-refractivity contribution >= 4 is 17.7 Å². The molecule has 5 heteroatoms. The van der Waals surface area contributed by atoms with Crippen molar-refractivity contribution in [1.29, 1.82) is 0 Å². The van der Waals surface area contributed by atoms with Gasteiger partial charge in [-0.25, -0.2) is 4.79 Å². The Hall–Kier alpha value is -0.260. The lowest BCUT2D eigenvalue weighted by atomic mass is 10.2. The SMILES string of the molecule is CCOC(=O)COCCN(C)C(C)CCSC. The lowest BCUT2D eigenvalue weighted by Crippen LogP contribution is -2.33. The second kappa shape index (κ2) is 10.9. The van der Waals surface area contributed by atoms with Gasteiger partial charge in [-0.3, -0.25) is 0 Å². The summed E-state index contributed by atoms with van der Waals surface area (Å²) < 4.78 is 10.0. The Morgan fingerprint density at radius 1 is 1.47 bits per heavy atom. The first-order chi connectivity index (χ1) is 8.11. The van der Waals surface area contributed by atoms with Crippen LogP contribution in [0.25, 0.3) is 0 Å². The van der Waals surface area contributed by atoms with Crippen LogP contribution in [-0.2, 0) is 14.3 Å². The molecule has 1 atom stereocenters. The van der Waals surface area contributed by atoms with Crippen molar-refractivity contribution in [2.75, 3.05) is 45.4 Å². The zero-order valence-corrected chi connectivity index (χ0v) is 12.2. The minimum atomic E-state index is -0.286. The van der Waals surface area contributed by atoms with E-state index in [1.807, 2.05) is 11.8 Å². The average molecular weight is 263 g/mol. The molecule has 0 heterocycles. The summed E-state index contributed by atoms with van der Waals surface area (Å²) in [5.74, 6) is 0.889. The van der Waals surface area contributed by atoms with Gasteiger partial charge in [0.15, 0.2) is 0 Å². The van der Waals surface area contributed by atoms with Gasteiger partial charge in [-0.15, -0.1) is 0 Å². The monoisotopic (exact) mass is 263 g/mol. The molecule has 0 bridgehead atoms. The molecule has 0 spiro atoms. The zero-order valence-electron chi connectivity index (χ0n) is 11.4. The van der Waals surface area contributed by atoms with Crippen molar-refractivity contribution in [2.45, 2.75) is 26.3 Å². The molecule has 0 N–H and O–H groups in total. The number of likely N-dealkylation sites (N-methyl/N-ethyl adjacent to an activating group) is 1. The van der Waals surface area contributed by atoms with Crippen molar-refractivity contribution in [2.24, 2.45) is 0 Å². The molecule has 0 fully saturated rings. The van der Waals surface area contributed by atoms with Crippen LogP contribution in [0.3, 0.4) is 0 Å². The number of thioether (sulfide) groups is 1. The highest BCUT2D eigenvalue weighted by atomic mass is 32.2. The van der Waals surface area contributed by atoms with Crippen LogP contribution in [0.1, 0.15) is 20.3 Å². The molecule has 0 aliphatic rings. The van der Waals surface area contributed by atoms with Gasteiger partial charge >= 0.3 is 5.97 Å². The Kier molecular flexibility index (Phi) is 10.7. The van der Waals surface area contributed by atoms with Crippen LogP contribution in [0, 0.1) is 0 Å². The number of esters is 1. The standard InChI is InChI=1S/C12H25NO3S/c1-5-16-12(14)10-15-8-7-13(3)11(2)6-9-17-4/h11H,5-10H2,1-4H3. The zero-order chi connectivity index (χ0) is 13.1. The van der Waals surface area contributed by atoms with E-state index in [0.717, 1.165) is 6.54 Å². The molecular formula is C12H25NO3S. The second-order valence-corrected chi connectivity index (χ2v) is 4.95. The molecule has 0 aliphatic heterocycles. The van der Waals surface area contributed by atoms with E-state index in [4.69, 9.17) is 9.47 Å². The Morgan fingerprint density at radius 3 is 2.76 bits per heavy atom. The molecule has 1 unspecified atom stereocenters. The predicted octanol–water partition coefficient (Wildman–Crippen LogP) is 1.64. The lowest BCUT2D eigenvalue weighted by Gasteiger charge is -2.24. The summed E-state index contributed by atoms with van der Waals surface area (Å²) in [6.07, 6.45) is 3.30. The normalized spacial score (nSPS) is 12.8. The molecular weight excluding hydrogens is 238 g/mol. The summed E-state index contributed by atoms with van der Waals surface area (Å²) in [5, 5.41) is 0. The van der Waals surface area contributed by atoms with E-state index in [9.17, 15) is 4.79 Å². The molecule has 0 aromatic carbocycles. The van der Waals surface area contributed by atoms with Crippen molar-refractivity contribution in [3.05, 3.63) is 0 Å². The molecule has 17 heavy (non-hydrogen) atoms. The lowest BCUT2D eigenvalue weighted by molar-refractivity contribution is -0.148. The number of rotatable bonds is 10. The molecule has 0 amide bonds. The molecule has 0 saturated carbocycles. The van der Waals surface area contributed by atoms with Crippen molar-refractivity contribution in [1.82, 2.24) is 4.90 Å². The van der Waals surface area contributed by atoms with E-state index in [0.29, 0.717) is 19.3 Å². The first-order valence-electron chi connectivity index (χ1n) is 6.04. The van der Waals surface area contributed by atoms with Gasteiger partial charge in [0.2, 0.25) is 0 Å². The summed E-state index contributed by atoms with van der Waals surface area (Å²) in [7, 11) is 2.08. The topological polar surface area (TPSA) is 38.8 Å². The summed E-state index contributed by atoms with van der Waals surface area (Å²) in [6, 6.07) is 0.550. The van der Waals surface area contributed by atoms with Crippen molar-refractivity contribution in [3.8, 4) is 0 Å². The van der Waals surface area contributed by atoms with Crippen LogP contribution >= 0.6 is 11.8 Å². The van der Waals surface area contributed by atoms with Gasteiger partial charge in [0, 0.05) is 12.6 Å². The van der Waals surface area contributed by atoms with Crippen molar-refractivity contribution < 1.29 is 14.3 Å². The maximum absolute atomic E-state index is 11.0. The van der Waals surface area contributed by atoms with Crippen LogP contribution in [0.15, 0.2) is 0 Å². The van der Waals surface area contributed by atoms with Gasteiger partial charge in [-0.1, -0.05) is 0 Å². The average Bonchev–Trinajstić information content (AvgIpc) is 2.31. The number of hydrogen-bond donors (Lipinski definition) is 0. The minimum Gasteiger partial charge on any atom is -0.464 e. The number of ether oxygens (including phenoxy) is 2. The van der Waals surface area contributed by atoms with Crippen LogP contribution in [-0.4, -0.2) is 62.3 Å². The third-order valence-electron chi connectivity index (χ3n) is 2.61. The number of hydrogen-bond acceptors (Lipinski definition) is 5. The molecule has 0 saturated heterocycles. The molecule has 0 rings (SSSR count). The quantitative estimate of drug-likeness (QED) is 0.442. The highest BCUT2D eigenvalue weighted by Crippen LogP contribution is 2.05. The van der Waals surface area contributed by atoms with Crippen LogP contribution in [0.4, 0.5) is 0 Å². The highest BCUT2D eigenvalue weighted by Gasteiger charge is 2.08. The maximum Gasteiger partial charge on any atom is 0.332 e. The number of nitrogens with zero attached hydrogens (tertiary/aromatic N) is 1. The molecule has 0 aliphatic carbocycles. The molecule has 0 aromatic heterocycles. The van der Waals surface area contributed by atoms with E-state index in [2.05, 4.69) is 25.1 Å². The first-order valence-corrected chi connectivity index (χ1v) is 7.43. The fourth-order valence-electron chi connectivity index (χ4n) is 1.30. The van der Waals surface area contributed by atoms with Crippen LogP contribution in [0.5, 0.6) is 0 Å². The van der Waals surface area contributed by atoms with E-state index in [-0.39, 0.29) is 12.6 Å². The van der Waals surface area contributed by atoms with Crippen LogP contribution in [0.2, 0.25) is 0 Å². The smallest absolute Gasteiger partial charge is 0.332 e. The van der Waals surface area contributed by atoms with Gasteiger partial charge in [-0.2, -0.15) is 11.8 Å². The summed E-state index contributed by atoms with van der Waals surface area (Å²) in [6.45, 7) is 5.88. The fraction of sp³-hybridized carbons (Fsp3) is 0.917. The van der Waals surface area contributed by atoms with E-state index >= 15 is 0 Å². The van der Waals surface area contributed by atoms with Crippen LogP contribution < -0.4 is 0 Å². The van der Waals surface area contributed by atoms with E-state index < -0.39 is 0 Å². The fourth-order valence-corrected chi connectivity index (χ4v) is 1.87. The number of carbonyl (C=O) groups is 1. The third-order valence-corrected chi connectivity index (χ3v) is 3.25. The number of carbonyl (C=O) groups excluding carboxylic acids is 1. The van der Waals surface area contributed by atoms with Gasteiger partial charge in [0.1, 0.15) is 6.61 Å². The molecule has 4 nitrogen and oxygen atoms in total. The second-order valence-electron chi connectivity index (χ2n) is 3.97. The first kappa shape index (κ1) is 16.7. The van der Waals surface area contributed by atoms with Gasteiger partial charge < -0.3 is 14.4 Å².